The first-order chi connectivity index (χ1) is 7.20. The van der Waals surface area contributed by atoms with E-state index in [0.29, 0.717) is 6.54 Å². The Morgan fingerprint density at radius 2 is 2.40 bits per heavy atom. The summed E-state index contributed by atoms with van der Waals surface area (Å²) >= 11 is 0. The van der Waals surface area contributed by atoms with Crippen LogP contribution in [0.4, 0.5) is 11.4 Å². The van der Waals surface area contributed by atoms with Crippen LogP contribution in [-0.2, 0) is 16.0 Å². The lowest BCUT2D eigenvalue weighted by molar-refractivity contribution is -0.138. The minimum atomic E-state index is -0.217. The zero-order chi connectivity index (χ0) is 10.8. The van der Waals surface area contributed by atoms with Gasteiger partial charge in [-0.2, -0.15) is 0 Å². The third kappa shape index (κ3) is 1.88. The number of nitrogen functional groups attached to an aromatic ring is 1. The van der Waals surface area contributed by atoms with Gasteiger partial charge in [0.25, 0.3) is 0 Å². The number of rotatable bonds is 2. The van der Waals surface area contributed by atoms with E-state index in [1.54, 1.807) is 0 Å². The fourth-order valence-electron chi connectivity index (χ4n) is 1.85. The summed E-state index contributed by atoms with van der Waals surface area (Å²) in [7, 11) is 1.40. The Labute approximate surface area is 88.6 Å². The first-order valence-electron chi connectivity index (χ1n) is 4.91. The molecule has 0 aliphatic carbocycles. The zero-order valence-electron chi connectivity index (χ0n) is 8.69. The number of hydrogen-bond acceptors (Lipinski definition) is 4. The molecule has 0 fully saturated rings. The molecule has 0 radical (unpaired) electrons. The van der Waals surface area contributed by atoms with Crippen LogP contribution in [0.3, 0.4) is 0 Å². The molecular formula is C11H14N2O2. The number of nitrogens with two attached hydrogens (primary N) is 1. The molecule has 1 aromatic carbocycles. The summed E-state index contributed by atoms with van der Waals surface area (Å²) in [5.41, 5.74) is 8.74. The predicted octanol–water partition coefficient (Wildman–Crippen LogP) is 0.804. The summed E-state index contributed by atoms with van der Waals surface area (Å²) in [4.78, 5) is 13.2. The van der Waals surface area contributed by atoms with E-state index < -0.39 is 0 Å². The van der Waals surface area contributed by atoms with E-state index in [1.807, 2.05) is 23.1 Å². The van der Waals surface area contributed by atoms with Crippen LogP contribution < -0.4 is 10.6 Å². The van der Waals surface area contributed by atoms with Gasteiger partial charge >= 0.3 is 5.97 Å². The Morgan fingerprint density at radius 3 is 3.13 bits per heavy atom. The van der Waals surface area contributed by atoms with Gasteiger partial charge in [0.2, 0.25) is 0 Å². The average Bonchev–Trinajstić information content (AvgIpc) is 2.61. The molecule has 0 amide bonds. The second kappa shape index (κ2) is 3.81. The second-order valence-corrected chi connectivity index (χ2v) is 3.64. The second-order valence-electron chi connectivity index (χ2n) is 3.64. The highest BCUT2D eigenvalue weighted by Crippen LogP contribution is 2.29. The predicted molar refractivity (Wildman–Crippen MR) is 58.8 cm³/mol. The highest BCUT2D eigenvalue weighted by molar-refractivity contribution is 5.78. The molecule has 1 aromatic rings. The maximum absolute atomic E-state index is 11.2. The van der Waals surface area contributed by atoms with E-state index in [-0.39, 0.29) is 5.97 Å². The van der Waals surface area contributed by atoms with E-state index in [4.69, 9.17) is 5.73 Å². The van der Waals surface area contributed by atoms with E-state index in [0.717, 1.165) is 24.3 Å². The Bertz CT molecular complexity index is 390. The maximum Gasteiger partial charge on any atom is 0.325 e. The van der Waals surface area contributed by atoms with E-state index in [9.17, 15) is 4.79 Å². The number of ether oxygens (including phenoxy) is 1. The Balaban J connectivity index is 2.20. The Morgan fingerprint density at radius 1 is 1.60 bits per heavy atom. The van der Waals surface area contributed by atoms with Crippen molar-refractivity contribution in [2.45, 2.75) is 6.42 Å². The number of methoxy groups -OCH3 is 1. The first-order valence-corrected chi connectivity index (χ1v) is 4.91. The van der Waals surface area contributed by atoms with Crippen LogP contribution in [0.1, 0.15) is 5.56 Å². The number of hydrogen-bond donors (Lipinski definition) is 1. The fraction of sp³-hybridized carbons (Fsp3) is 0.364. The number of benzene rings is 1. The highest BCUT2D eigenvalue weighted by Gasteiger charge is 2.21. The summed E-state index contributed by atoms with van der Waals surface area (Å²) in [5.74, 6) is -0.217. The highest BCUT2D eigenvalue weighted by atomic mass is 16.5. The molecule has 1 aliphatic heterocycles. The van der Waals surface area contributed by atoms with Crippen LogP contribution in [0, 0.1) is 0 Å². The van der Waals surface area contributed by atoms with Crippen molar-refractivity contribution in [3.05, 3.63) is 23.8 Å². The molecule has 0 spiro atoms. The summed E-state index contributed by atoms with van der Waals surface area (Å²) < 4.78 is 4.65. The van der Waals surface area contributed by atoms with Gasteiger partial charge in [0.1, 0.15) is 6.54 Å². The quantitative estimate of drug-likeness (QED) is 0.574. The number of carbonyl (C=O) groups excluding carboxylic acids is 1. The van der Waals surface area contributed by atoms with Gasteiger partial charge in [0, 0.05) is 17.9 Å². The van der Waals surface area contributed by atoms with Crippen LogP contribution in [0.2, 0.25) is 0 Å². The molecule has 0 unspecified atom stereocenters. The lowest BCUT2D eigenvalue weighted by atomic mass is 10.1. The van der Waals surface area contributed by atoms with Gasteiger partial charge < -0.3 is 15.4 Å². The van der Waals surface area contributed by atoms with Gasteiger partial charge in [-0.1, -0.05) is 6.07 Å². The number of esters is 1. The van der Waals surface area contributed by atoms with Gasteiger partial charge in [0.05, 0.1) is 7.11 Å². The third-order valence-corrected chi connectivity index (χ3v) is 2.65. The minimum absolute atomic E-state index is 0.217. The van der Waals surface area contributed by atoms with Gasteiger partial charge in [-0.3, -0.25) is 4.79 Å². The molecule has 15 heavy (non-hydrogen) atoms. The van der Waals surface area contributed by atoms with Crippen LogP contribution in [0.5, 0.6) is 0 Å². The van der Waals surface area contributed by atoms with Crippen molar-refractivity contribution in [3.63, 3.8) is 0 Å². The molecule has 1 aliphatic rings. The molecule has 2 N–H and O–H groups in total. The van der Waals surface area contributed by atoms with E-state index in [2.05, 4.69) is 4.74 Å². The normalized spacial score (nSPS) is 13.8. The molecule has 0 atom stereocenters. The molecule has 2 rings (SSSR count). The van der Waals surface area contributed by atoms with Crippen molar-refractivity contribution in [2.24, 2.45) is 0 Å². The lowest BCUT2D eigenvalue weighted by Gasteiger charge is -2.17. The summed E-state index contributed by atoms with van der Waals surface area (Å²) in [6.45, 7) is 1.15. The van der Waals surface area contributed by atoms with E-state index in [1.165, 1.54) is 12.7 Å². The largest absolute Gasteiger partial charge is 0.468 e. The van der Waals surface area contributed by atoms with Crippen molar-refractivity contribution < 1.29 is 9.53 Å². The average molecular weight is 206 g/mol. The molecule has 80 valence electrons. The van der Waals surface area contributed by atoms with Crippen LogP contribution in [0.25, 0.3) is 0 Å². The standard InChI is InChI=1S/C11H14N2O2/c1-15-11(14)7-13-5-4-8-2-3-9(12)6-10(8)13/h2-3,6H,4-5,7,12H2,1H3. The molecule has 4 heteroatoms. The monoisotopic (exact) mass is 206 g/mol. The maximum atomic E-state index is 11.2. The van der Waals surface area contributed by atoms with Gasteiger partial charge in [0.15, 0.2) is 0 Å². The smallest absolute Gasteiger partial charge is 0.325 e. The SMILES string of the molecule is COC(=O)CN1CCc2ccc(N)cc21. The van der Waals surface area contributed by atoms with Crippen molar-refractivity contribution in [1.82, 2.24) is 0 Å². The third-order valence-electron chi connectivity index (χ3n) is 2.65. The van der Waals surface area contributed by atoms with Crippen molar-refractivity contribution in [2.75, 3.05) is 30.8 Å². The number of fused-ring (bicyclic) bond motifs is 1. The summed E-state index contributed by atoms with van der Waals surface area (Å²) in [5, 5.41) is 0. The lowest BCUT2D eigenvalue weighted by Crippen LogP contribution is -2.28. The Kier molecular flexibility index (Phi) is 2.49. The number of anilines is 2. The van der Waals surface area contributed by atoms with Crippen molar-refractivity contribution in [1.29, 1.82) is 0 Å². The molecule has 1 heterocycles. The first kappa shape index (κ1) is 9.83. The Hall–Kier alpha value is -1.71. The molecule has 0 bridgehead atoms. The van der Waals surface area contributed by atoms with Gasteiger partial charge in [-0.05, 0) is 24.1 Å². The van der Waals surface area contributed by atoms with E-state index >= 15 is 0 Å². The minimum Gasteiger partial charge on any atom is -0.468 e. The van der Waals surface area contributed by atoms with Gasteiger partial charge in [-0.25, -0.2) is 0 Å². The summed E-state index contributed by atoms with van der Waals surface area (Å²) in [6, 6.07) is 5.81. The van der Waals surface area contributed by atoms with Crippen LogP contribution in [-0.4, -0.2) is 26.2 Å². The van der Waals surface area contributed by atoms with Crippen molar-refractivity contribution >= 4 is 17.3 Å². The molecule has 0 aromatic heterocycles. The molecule has 4 nitrogen and oxygen atoms in total. The summed E-state index contributed by atoms with van der Waals surface area (Å²) in [6.07, 6.45) is 0.965. The topological polar surface area (TPSA) is 55.6 Å². The molecule has 0 saturated heterocycles. The zero-order valence-corrected chi connectivity index (χ0v) is 8.69. The van der Waals surface area contributed by atoms with Crippen LogP contribution >= 0.6 is 0 Å². The number of nitrogens with zero attached hydrogens (tertiary/aromatic N) is 1. The van der Waals surface area contributed by atoms with Crippen LogP contribution in [0.15, 0.2) is 18.2 Å². The molecule has 0 saturated carbocycles. The fourth-order valence-corrected chi connectivity index (χ4v) is 1.85. The van der Waals surface area contributed by atoms with Gasteiger partial charge in [-0.15, -0.1) is 0 Å². The molecular weight excluding hydrogens is 192 g/mol. The number of carbonyl (C=O) groups is 1. The van der Waals surface area contributed by atoms with Crippen molar-refractivity contribution in [3.8, 4) is 0 Å².